The fourth-order valence-electron chi connectivity index (χ4n) is 5.18. The van der Waals surface area contributed by atoms with E-state index in [-0.39, 0.29) is 36.3 Å². The Morgan fingerprint density at radius 1 is 1.26 bits per heavy atom. The van der Waals surface area contributed by atoms with Gasteiger partial charge in [-0.25, -0.2) is 4.99 Å². The number of aliphatic imine (C=N–C) groups is 1. The number of nitrogens with two attached hydrogens (primary N) is 1. The van der Waals surface area contributed by atoms with Gasteiger partial charge in [0, 0.05) is 30.5 Å². The van der Waals surface area contributed by atoms with Gasteiger partial charge >= 0.3 is 0 Å². The summed E-state index contributed by atoms with van der Waals surface area (Å²) in [5.74, 6) is 0.150. The average molecular weight is 526 g/mol. The SMILES string of the molecule is COC[C@@H]1CCCN1C(=O)c1cncc(CN2C(=O)C(c3cccc(Br)c3)(C3CC3)N=C2N)c1. The third-order valence-corrected chi connectivity index (χ3v) is 7.44. The van der Waals surface area contributed by atoms with E-state index in [9.17, 15) is 9.59 Å². The number of rotatable bonds is 7. The van der Waals surface area contributed by atoms with Crippen molar-refractivity contribution in [1.29, 1.82) is 0 Å². The lowest BCUT2D eigenvalue weighted by Crippen LogP contribution is -2.43. The van der Waals surface area contributed by atoms with Crippen LogP contribution >= 0.6 is 15.9 Å². The zero-order valence-electron chi connectivity index (χ0n) is 19.1. The van der Waals surface area contributed by atoms with E-state index in [0.717, 1.165) is 41.3 Å². The zero-order chi connectivity index (χ0) is 23.9. The molecule has 3 heterocycles. The van der Waals surface area contributed by atoms with E-state index < -0.39 is 5.54 Å². The number of ether oxygens (including phenoxy) is 1. The minimum atomic E-state index is -0.988. The summed E-state index contributed by atoms with van der Waals surface area (Å²) < 4.78 is 6.18. The summed E-state index contributed by atoms with van der Waals surface area (Å²) in [6.45, 7) is 1.44. The minimum Gasteiger partial charge on any atom is -0.383 e. The molecule has 2 aliphatic heterocycles. The number of pyridine rings is 1. The molecule has 2 aromatic rings. The van der Waals surface area contributed by atoms with Crippen LogP contribution in [0.1, 0.15) is 47.2 Å². The fourth-order valence-corrected chi connectivity index (χ4v) is 5.58. The van der Waals surface area contributed by atoms with Gasteiger partial charge in [0.15, 0.2) is 11.5 Å². The zero-order valence-corrected chi connectivity index (χ0v) is 20.7. The average Bonchev–Trinajstić information content (AvgIpc) is 3.53. The number of hydrogen-bond donors (Lipinski definition) is 1. The molecular weight excluding hydrogens is 498 g/mol. The van der Waals surface area contributed by atoms with Gasteiger partial charge in [-0.15, -0.1) is 0 Å². The first kappa shape index (κ1) is 23.0. The van der Waals surface area contributed by atoms with Crippen molar-refractivity contribution in [3.05, 3.63) is 63.9 Å². The number of hydrogen-bond acceptors (Lipinski definition) is 6. The maximum absolute atomic E-state index is 13.8. The van der Waals surface area contributed by atoms with E-state index in [1.54, 1.807) is 25.6 Å². The van der Waals surface area contributed by atoms with Gasteiger partial charge < -0.3 is 15.4 Å². The number of aromatic nitrogens is 1. The third kappa shape index (κ3) is 4.01. The maximum Gasteiger partial charge on any atom is 0.262 e. The van der Waals surface area contributed by atoms with Gasteiger partial charge in [-0.3, -0.25) is 19.5 Å². The number of methoxy groups -OCH3 is 1. The number of halogens is 1. The van der Waals surface area contributed by atoms with Crippen molar-refractivity contribution < 1.29 is 14.3 Å². The van der Waals surface area contributed by atoms with Crippen LogP contribution in [0.15, 0.2) is 52.2 Å². The molecular formula is C25H28BrN5O3. The second-order valence-electron chi connectivity index (χ2n) is 9.24. The van der Waals surface area contributed by atoms with Gasteiger partial charge in [0.1, 0.15) is 0 Å². The molecule has 3 aliphatic rings. The second-order valence-corrected chi connectivity index (χ2v) is 10.2. The van der Waals surface area contributed by atoms with Crippen LogP contribution < -0.4 is 5.73 Å². The molecule has 34 heavy (non-hydrogen) atoms. The Bertz CT molecular complexity index is 1150. The highest BCUT2D eigenvalue weighted by Gasteiger charge is 2.58. The summed E-state index contributed by atoms with van der Waals surface area (Å²) in [6.07, 6.45) is 7.01. The van der Waals surface area contributed by atoms with Crippen LogP contribution in [0, 0.1) is 5.92 Å². The van der Waals surface area contributed by atoms with Crippen molar-refractivity contribution in [2.75, 3.05) is 20.3 Å². The molecule has 1 aromatic heterocycles. The molecule has 1 aromatic carbocycles. The van der Waals surface area contributed by atoms with Gasteiger partial charge in [0.2, 0.25) is 0 Å². The molecule has 8 nitrogen and oxygen atoms in total. The molecule has 1 saturated heterocycles. The molecule has 2 atom stereocenters. The van der Waals surface area contributed by atoms with Crippen LogP contribution in [0.5, 0.6) is 0 Å². The predicted octanol–water partition coefficient (Wildman–Crippen LogP) is 3.06. The van der Waals surface area contributed by atoms with E-state index in [0.29, 0.717) is 18.7 Å². The molecule has 2 fully saturated rings. The number of likely N-dealkylation sites (tertiary alicyclic amines) is 1. The van der Waals surface area contributed by atoms with Gasteiger partial charge in [-0.2, -0.15) is 0 Å². The maximum atomic E-state index is 13.8. The van der Waals surface area contributed by atoms with E-state index >= 15 is 0 Å². The Labute approximate surface area is 207 Å². The number of carbonyl (C=O) groups is 2. The Morgan fingerprint density at radius 3 is 2.82 bits per heavy atom. The third-order valence-electron chi connectivity index (χ3n) is 6.95. The Hall–Kier alpha value is -2.78. The normalized spacial score (nSPS) is 24.6. The number of nitrogens with zero attached hydrogens (tertiary/aromatic N) is 4. The van der Waals surface area contributed by atoms with Crippen LogP contribution in [-0.4, -0.2) is 58.9 Å². The van der Waals surface area contributed by atoms with Crippen LogP contribution in [0.25, 0.3) is 0 Å². The fraction of sp³-hybridized carbons (Fsp3) is 0.440. The van der Waals surface area contributed by atoms with Gasteiger partial charge in [0.25, 0.3) is 11.8 Å². The Kier molecular flexibility index (Phi) is 6.16. The lowest BCUT2D eigenvalue weighted by Gasteiger charge is -2.27. The second kappa shape index (κ2) is 9.11. The number of carbonyl (C=O) groups excluding carboxylic acids is 2. The summed E-state index contributed by atoms with van der Waals surface area (Å²) in [4.78, 5) is 39.4. The molecule has 9 heteroatoms. The lowest BCUT2D eigenvalue weighted by atomic mass is 9.85. The largest absolute Gasteiger partial charge is 0.383 e. The van der Waals surface area contributed by atoms with Crippen molar-refractivity contribution in [2.24, 2.45) is 16.6 Å². The highest BCUT2D eigenvalue weighted by Crippen LogP contribution is 2.52. The van der Waals surface area contributed by atoms with Crippen molar-refractivity contribution in [3.63, 3.8) is 0 Å². The number of benzene rings is 1. The van der Waals surface area contributed by atoms with Crippen molar-refractivity contribution in [3.8, 4) is 0 Å². The molecule has 0 bridgehead atoms. The highest BCUT2D eigenvalue weighted by atomic mass is 79.9. The molecule has 5 rings (SSSR count). The van der Waals surface area contributed by atoms with Gasteiger partial charge in [0.05, 0.1) is 24.8 Å². The molecule has 2 amide bonds. The topological polar surface area (TPSA) is 101 Å². The molecule has 178 valence electrons. The van der Waals surface area contributed by atoms with E-state index in [2.05, 4.69) is 20.9 Å². The summed E-state index contributed by atoms with van der Waals surface area (Å²) in [7, 11) is 1.65. The van der Waals surface area contributed by atoms with Crippen LogP contribution in [-0.2, 0) is 21.6 Å². The van der Waals surface area contributed by atoms with Crippen LogP contribution in [0.2, 0.25) is 0 Å². The summed E-state index contributed by atoms with van der Waals surface area (Å²) >= 11 is 3.51. The summed E-state index contributed by atoms with van der Waals surface area (Å²) in [6, 6.07) is 9.61. The van der Waals surface area contributed by atoms with E-state index in [1.807, 2.05) is 29.2 Å². The summed E-state index contributed by atoms with van der Waals surface area (Å²) in [5, 5.41) is 0. The molecule has 0 spiro atoms. The summed E-state index contributed by atoms with van der Waals surface area (Å²) in [5.41, 5.74) is 7.42. The van der Waals surface area contributed by atoms with E-state index in [1.165, 1.54) is 4.90 Å². The Morgan fingerprint density at radius 2 is 2.09 bits per heavy atom. The van der Waals surface area contributed by atoms with Crippen molar-refractivity contribution in [2.45, 2.75) is 43.8 Å². The van der Waals surface area contributed by atoms with Gasteiger partial charge in [-0.05, 0) is 60.9 Å². The Balaban J connectivity index is 1.39. The minimum absolute atomic E-state index is 0.0650. The number of guanidine groups is 1. The molecule has 1 aliphatic carbocycles. The molecule has 2 N–H and O–H groups in total. The smallest absolute Gasteiger partial charge is 0.262 e. The van der Waals surface area contributed by atoms with E-state index in [4.69, 9.17) is 15.5 Å². The van der Waals surface area contributed by atoms with Crippen molar-refractivity contribution >= 4 is 33.7 Å². The first-order valence-corrected chi connectivity index (χ1v) is 12.4. The molecule has 1 unspecified atom stereocenters. The first-order chi connectivity index (χ1) is 16.4. The quantitative estimate of drug-likeness (QED) is 0.598. The van der Waals surface area contributed by atoms with Crippen LogP contribution in [0.4, 0.5) is 0 Å². The molecule has 1 saturated carbocycles. The number of amides is 2. The molecule has 0 radical (unpaired) electrons. The monoisotopic (exact) mass is 525 g/mol. The highest BCUT2D eigenvalue weighted by molar-refractivity contribution is 9.10. The van der Waals surface area contributed by atoms with Crippen LogP contribution in [0.3, 0.4) is 0 Å². The van der Waals surface area contributed by atoms with Gasteiger partial charge in [-0.1, -0.05) is 28.1 Å². The van der Waals surface area contributed by atoms with Crippen molar-refractivity contribution in [1.82, 2.24) is 14.8 Å². The lowest BCUT2D eigenvalue weighted by molar-refractivity contribution is -0.132. The first-order valence-electron chi connectivity index (χ1n) is 11.6. The predicted molar refractivity (Wildman–Crippen MR) is 131 cm³/mol. The standard InChI is InChI=1S/C25H28BrN5O3/c1-34-15-21-6-3-9-30(21)22(32)17-10-16(12-28-13-17)14-31-23(33)25(18-7-8-18,29-24(31)27)19-4-2-5-20(26)11-19/h2,4-5,10-13,18,21H,3,6-9,14-15H2,1H3,(H2,27,29)/t21-,25?/m0/s1.